The third-order valence-corrected chi connectivity index (χ3v) is 6.44. The number of carbonyl (C=O) groups is 1. The van der Waals surface area contributed by atoms with Gasteiger partial charge in [0.25, 0.3) is 0 Å². The molecule has 0 fully saturated rings. The Bertz CT molecular complexity index is 1180. The Morgan fingerprint density at radius 3 is 2.10 bits per heavy atom. The topological polar surface area (TPSA) is 63.9 Å². The fourth-order valence-corrected chi connectivity index (χ4v) is 4.74. The summed E-state index contributed by atoms with van der Waals surface area (Å²) in [6.45, 7) is 1.91. The highest BCUT2D eigenvalue weighted by atomic mass is 32.2. The molecule has 154 valence electrons. The lowest BCUT2D eigenvalue weighted by Crippen LogP contribution is -2.33. The summed E-state index contributed by atoms with van der Waals surface area (Å²) in [6.07, 6.45) is 1.81. The van der Waals surface area contributed by atoms with E-state index in [9.17, 15) is 4.79 Å². The van der Waals surface area contributed by atoms with Crippen LogP contribution in [0, 0.1) is 0 Å². The molecule has 0 N–H and O–H groups in total. The molecule has 31 heavy (non-hydrogen) atoms. The van der Waals surface area contributed by atoms with E-state index in [0.717, 1.165) is 29.9 Å². The minimum atomic E-state index is -0.382. The van der Waals surface area contributed by atoms with E-state index >= 15 is 0 Å². The fraction of sp³-hybridized carbons (Fsp3) is 0.167. The summed E-state index contributed by atoms with van der Waals surface area (Å²) in [5.41, 5.74) is 5.12. The number of nitrogens with zero attached hydrogens (tertiary/aromatic N) is 5. The lowest BCUT2D eigenvalue weighted by Gasteiger charge is -2.27. The number of para-hydroxylation sites is 3. The minimum Gasteiger partial charge on any atom is -0.280 e. The molecule has 2 heterocycles. The van der Waals surface area contributed by atoms with Crippen LogP contribution in [0.1, 0.15) is 18.1 Å². The number of carbonyl (C=O) groups excluding carboxylic acids is 1. The van der Waals surface area contributed by atoms with Gasteiger partial charge in [-0.05, 0) is 65.6 Å². The predicted octanol–water partition coefficient (Wildman–Crippen LogP) is 4.61. The van der Waals surface area contributed by atoms with Crippen molar-refractivity contribution >= 4 is 29.0 Å². The van der Waals surface area contributed by atoms with E-state index in [1.165, 1.54) is 22.9 Å². The highest BCUT2D eigenvalue weighted by molar-refractivity contribution is 8.00. The number of aromatic nitrogens is 4. The second-order valence-electron chi connectivity index (χ2n) is 7.40. The smallest absolute Gasteiger partial charge is 0.244 e. The van der Waals surface area contributed by atoms with Crippen molar-refractivity contribution in [3.8, 4) is 5.69 Å². The van der Waals surface area contributed by atoms with Crippen molar-refractivity contribution in [1.29, 1.82) is 0 Å². The maximum atomic E-state index is 13.8. The normalized spacial score (nSPS) is 13.8. The summed E-state index contributed by atoms with van der Waals surface area (Å²) in [5.74, 6) is 0.00871. The maximum Gasteiger partial charge on any atom is 0.244 e. The standard InChI is InChI=1S/C24H21N5OS/c1-17(31-24-25-26-27-29(24)20-11-3-2-4-12-20)23(30)28-21-13-7-5-9-18(21)15-16-19-10-6-8-14-22(19)28/h2-14,17H,15-16H2,1H3. The summed E-state index contributed by atoms with van der Waals surface area (Å²) in [7, 11) is 0. The van der Waals surface area contributed by atoms with Crippen molar-refractivity contribution in [3.05, 3.63) is 90.0 Å². The Morgan fingerprint density at radius 2 is 1.45 bits per heavy atom. The van der Waals surface area contributed by atoms with E-state index < -0.39 is 0 Å². The van der Waals surface area contributed by atoms with Crippen LogP contribution >= 0.6 is 11.8 Å². The van der Waals surface area contributed by atoms with Gasteiger partial charge in [0.05, 0.1) is 22.3 Å². The lowest BCUT2D eigenvalue weighted by atomic mass is 10.0. The van der Waals surface area contributed by atoms with Crippen molar-refractivity contribution in [2.24, 2.45) is 0 Å². The van der Waals surface area contributed by atoms with E-state index in [0.29, 0.717) is 5.16 Å². The van der Waals surface area contributed by atoms with Crippen LogP contribution in [0.4, 0.5) is 11.4 Å². The molecule has 1 unspecified atom stereocenters. The molecule has 1 aliphatic rings. The number of fused-ring (bicyclic) bond motifs is 2. The largest absolute Gasteiger partial charge is 0.280 e. The number of tetrazole rings is 1. The van der Waals surface area contributed by atoms with Gasteiger partial charge in [-0.2, -0.15) is 4.68 Å². The molecule has 1 aromatic heterocycles. The zero-order valence-corrected chi connectivity index (χ0v) is 17.9. The average molecular weight is 428 g/mol. The van der Waals surface area contributed by atoms with Crippen molar-refractivity contribution in [2.75, 3.05) is 4.90 Å². The van der Waals surface area contributed by atoms with Gasteiger partial charge in [0.1, 0.15) is 0 Å². The number of benzene rings is 3. The molecule has 0 spiro atoms. The van der Waals surface area contributed by atoms with Crippen LogP contribution in [0.25, 0.3) is 5.69 Å². The number of aryl methyl sites for hydroxylation is 2. The van der Waals surface area contributed by atoms with Crippen LogP contribution in [0.15, 0.2) is 84.0 Å². The number of hydrogen-bond acceptors (Lipinski definition) is 5. The van der Waals surface area contributed by atoms with Gasteiger partial charge in [-0.25, -0.2) is 0 Å². The molecule has 1 aliphatic heterocycles. The number of hydrogen-bond donors (Lipinski definition) is 0. The van der Waals surface area contributed by atoms with Crippen LogP contribution < -0.4 is 4.90 Å². The van der Waals surface area contributed by atoms with E-state index in [1.807, 2.05) is 78.6 Å². The molecular formula is C24H21N5OS. The Morgan fingerprint density at radius 1 is 0.871 bits per heavy atom. The first-order chi connectivity index (χ1) is 15.2. The van der Waals surface area contributed by atoms with E-state index in [4.69, 9.17) is 0 Å². The predicted molar refractivity (Wildman–Crippen MR) is 122 cm³/mol. The molecule has 0 bridgehead atoms. The zero-order valence-electron chi connectivity index (χ0n) is 17.0. The molecule has 6 nitrogen and oxygen atoms in total. The summed E-state index contributed by atoms with van der Waals surface area (Å²) in [4.78, 5) is 15.6. The van der Waals surface area contributed by atoms with E-state index in [1.54, 1.807) is 4.68 Å². The van der Waals surface area contributed by atoms with Gasteiger partial charge in [-0.15, -0.1) is 5.10 Å². The number of rotatable bonds is 4. The second kappa shape index (κ2) is 8.35. The molecular weight excluding hydrogens is 406 g/mol. The molecule has 0 saturated carbocycles. The van der Waals surface area contributed by atoms with Gasteiger partial charge < -0.3 is 0 Å². The Labute approximate surface area is 184 Å². The van der Waals surface area contributed by atoms with Crippen molar-refractivity contribution < 1.29 is 4.79 Å². The summed E-state index contributed by atoms with van der Waals surface area (Å²) in [6, 6.07) is 26.0. The number of anilines is 2. The first-order valence-corrected chi connectivity index (χ1v) is 11.1. The van der Waals surface area contributed by atoms with Crippen LogP contribution in [0.5, 0.6) is 0 Å². The quantitative estimate of drug-likeness (QED) is 0.445. The lowest BCUT2D eigenvalue weighted by molar-refractivity contribution is -0.117. The average Bonchev–Trinajstić information content (AvgIpc) is 3.20. The summed E-state index contributed by atoms with van der Waals surface area (Å²) >= 11 is 1.37. The highest BCUT2D eigenvalue weighted by Crippen LogP contribution is 2.38. The summed E-state index contributed by atoms with van der Waals surface area (Å²) in [5, 5.41) is 12.3. The van der Waals surface area contributed by atoms with Crippen LogP contribution in [0.3, 0.4) is 0 Å². The first kappa shape index (κ1) is 19.5. The van der Waals surface area contributed by atoms with Gasteiger partial charge in [-0.3, -0.25) is 9.69 Å². The van der Waals surface area contributed by atoms with Crippen molar-refractivity contribution in [2.45, 2.75) is 30.2 Å². The molecule has 0 aliphatic carbocycles. The second-order valence-corrected chi connectivity index (χ2v) is 8.71. The molecule has 0 saturated heterocycles. The van der Waals surface area contributed by atoms with E-state index in [2.05, 4.69) is 27.7 Å². The van der Waals surface area contributed by atoms with Crippen LogP contribution in [-0.4, -0.2) is 31.4 Å². The Hall–Kier alpha value is -3.45. The van der Waals surface area contributed by atoms with Crippen LogP contribution in [-0.2, 0) is 17.6 Å². The SMILES string of the molecule is CC(Sc1nnnn1-c1ccccc1)C(=O)N1c2ccccc2CCc2ccccc21. The zero-order chi connectivity index (χ0) is 21.2. The first-order valence-electron chi connectivity index (χ1n) is 10.2. The Balaban J connectivity index is 1.49. The number of thioether (sulfide) groups is 1. The van der Waals surface area contributed by atoms with E-state index in [-0.39, 0.29) is 11.2 Å². The molecule has 7 heteroatoms. The highest BCUT2D eigenvalue weighted by Gasteiger charge is 2.30. The van der Waals surface area contributed by atoms with Crippen molar-refractivity contribution in [3.63, 3.8) is 0 Å². The van der Waals surface area contributed by atoms with Gasteiger partial charge >= 0.3 is 0 Å². The van der Waals surface area contributed by atoms with Gasteiger partial charge in [0.15, 0.2) is 0 Å². The molecule has 1 amide bonds. The minimum absolute atomic E-state index is 0.00871. The molecule has 4 aromatic rings. The molecule has 5 rings (SSSR count). The van der Waals surface area contributed by atoms with Crippen LogP contribution in [0.2, 0.25) is 0 Å². The molecule has 1 atom stereocenters. The van der Waals surface area contributed by atoms with Crippen molar-refractivity contribution in [1.82, 2.24) is 20.2 Å². The van der Waals surface area contributed by atoms with Gasteiger partial charge in [0.2, 0.25) is 11.1 Å². The van der Waals surface area contributed by atoms with Gasteiger partial charge in [-0.1, -0.05) is 66.4 Å². The Kier molecular flexibility index (Phi) is 5.26. The third kappa shape index (κ3) is 3.72. The number of amides is 1. The van der Waals surface area contributed by atoms with Gasteiger partial charge in [0, 0.05) is 0 Å². The summed E-state index contributed by atoms with van der Waals surface area (Å²) < 4.78 is 1.67. The third-order valence-electron chi connectivity index (χ3n) is 5.42. The molecule has 0 radical (unpaired) electrons. The molecule has 3 aromatic carbocycles. The fourth-order valence-electron chi connectivity index (χ4n) is 3.89. The monoisotopic (exact) mass is 427 g/mol. The maximum absolute atomic E-state index is 13.8.